The van der Waals surface area contributed by atoms with E-state index in [1.807, 2.05) is 6.07 Å². The van der Waals surface area contributed by atoms with Gasteiger partial charge in [0.05, 0.1) is 12.5 Å². The summed E-state index contributed by atoms with van der Waals surface area (Å²) in [6.45, 7) is 1.51. The number of nitrogens with zero attached hydrogens (tertiary/aromatic N) is 1. The summed E-state index contributed by atoms with van der Waals surface area (Å²) in [6.07, 6.45) is -0.210. The number of amides is 1. The second-order valence-electron chi connectivity index (χ2n) is 3.33. The number of nitrogens with one attached hydrogen (secondary N) is 1. The molecule has 0 saturated carbocycles. The minimum atomic E-state index is -0.764. The lowest BCUT2D eigenvalue weighted by Crippen LogP contribution is -2.32. The van der Waals surface area contributed by atoms with Crippen molar-refractivity contribution in [3.8, 4) is 6.07 Å². The molecular weight excluding hydrogens is 214 g/mol. The highest BCUT2D eigenvalue weighted by Gasteiger charge is 2.10. The van der Waals surface area contributed by atoms with E-state index in [0.717, 1.165) is 12.1 Å². The molecule has 0 aromatic heterocycles. The van der Waals surface area contributed by atoms with E-state index in [1.54, 1.807) is 0 Å². The number of rotatable bonds is 3. The molecule has 0 aliphatic heterocycles. The monoisotopic (exact) mass is 224 g/mol. The van der Waals surface area contributed by atoms with Crippen molar-refractivity contribution in [1.82, 2.24) is 5.32 Å². The fraction of sp³-hybridized carbons (Fsp3) is 0.273. The van der Waals surface area contributed by atoms with E-state index in [4.69, 9.17) is 5.26 Å². The number of halogens is 2. The van der Waals surface area contributed by atoms with Crippen molar-refractivity contribution in [3.05, 3.63) is 35.4 Å². The Balaban J connectivity index is 2.67. The van der Waals surface area contributed by atoms with Crippen molar-refractivity contribution in [2.75, 3.05) is 0 Å². The van der Waals surface area contributed by atoms with Gasteiger partial charge < -0.3 is 5.32 Å². The third-order valence-electron chi connectivity index (χ3n) is 1.94. The highest BCUT2D eigenvalue weighted by Crippen LogP contribution is 2.10. The van der Waals surface area contributed by atoms with Crippen LogP contribution in [-0.2, 0) is 11.2 Å². The second kappa shape index (κ2) is 5.21. The zero-order valence-corrected chi connectivity index (χ0v) is 8.63. The van der Waals surface area contributed by atoms with Crippen LogP contribution in [0.5, 0.6) is 0 Å². The van der Waals surface area contributed by atoms with Crippen molar-refractivity contribution >= 4 is 5.91 Å². The number of carbonyl (C=O) groups is 1. The highest BCUT2D eigenvalue weighted by molar-refractivity contribution is 5.79. The zero-order chi connectivity index (χ0) is 12.1. The Labute approximate surface area is 91.7 Å². The molecule has 0 spiro atoms. The van der Waals surface area contributed by atoms with E-state index in [1.165, 1.54) is 13.0 Å². The van der Waals surface area contributed by atoms with Crippen LogP contribution in [0.2, 0.25) is 0 Å². The molecule has 1 aromatic rings. The SMILES string of the molecule is CC(C#N)NC(=O)Cc1ccc(F)cc1F. The molecule has 1 unspecified atom stereocenters. The average Bonchev–Trinajstić information content (AvgIpc) is 2.22. The fourth-order valence-electron chi connectivity index (χ4n) is 1.16. The lowest BCUT2D eigenvalue weighted by molar-refractivity contribution is -0.120. The van der Waals surface area contributed by atoms with Gasteiger partial charge in [0.2, 0.25) is 5.91 Å². The van der Waals surface area contributed by atoms with E-state index in [-0.39, 0.29) is 12.0 Å². The van der Waals surface area contributed by atoms with Gasteiger partial charge in [0.15, 0.2) is 0 Å². The van der Waals surface area contributed by atoms with Crippen molar-refractivity contribution in [1.29, 1.82) is 5.26 Å². The first-order valence-corrected chi connectivity index (χ1v) is 4.66. The lowest BCUT2D eigenvalue weighted by atomic mass is 10.1. The Bertz CT molecular complexity index is 440. The van der Waals surface area contributed by atoms with Crippen LogP contribution in [0.25, 0.3) is 0 Å². The molecule has 0 aliphatic rings. The smallest absolute Gasteiger partial charge is 0.225 e. The molecule has 5 heteroatoms. The summed E-state index contributed by atoms with van der Waals surface area (Å²) in [4.78, 5) is 11.3. The second-order valence-corrected chi connectivity index (χ2v) is 3.33. The molecule has 1 rings (SSSR count). The van der Waals surface area contributed by atoms with Gasteiger partial charge in [-0.3, -0.25) is 4.79 Å². The van der Waals surface area contributed by atoms with Gasteiger partial charge in [-0.05, 0) is 18.6 Å². The Morgan fingerprint density at radius 2 is 2.25 bits per heavy atom. The van der Waals surface area contributed by atoms with Gasteiger partial charge in [0.25, 0.3) is 0 Å². The molecule has 3 nitrogen and oxygen atoms in total. The van der Waals surface area contributed by atoms with Crippen LogP contribution in [0, 0.1) is 23.0 Å². The van der Waals surface area contributed by atoms with Crippen molar-refractivity contribution in [3.63, 3.8) is 0 Å². The quantitative estimate of drug-likeness (QED) is 0.846. The number of hydrogen-bond acceptors (Lipinski definition) is 2. The molecular formula is C11H10F2N2O. The summed E-state index contributed by atoms with van der Waals surface area (Å²) in [7, 11) is 0. The molecule has 0 saturated heterocycles. The minimum absolute atomic E-state index is 0.101. The van der Waals surface area contributed by atoms with Crippen LogP contribution in [-0.4, -0.2) is 11.9 Å². The van der Waals surface area contributed by atoms with E-state index in [9.17, 15) is 13.6 Å². The molecule has 16 heavy (non-hydrogen) atoms. The Morgan fingerprint density at radius 1 is 1.56 bits per heavy atom. The van der Waals surface area contributed by atoms with Crippen LogP contribution in [0.15, 0.2) is 18.2 Å². The normalized spacial score (nSPS) is 11.6. The predicted octanol–water partition coefficient (Wildman–Crippen LogP) is 1.54. The van der Waals surface area contributed by atoms with Gasteiger partial charge >= 0.3 is 0 Å². The third-order valence-corrected chi connectivity index (χ3v) is 1.94. The minimum Gasteiger partial charge on any atom is -0.340 e. The molecule has 0 radical (unpaired) electrons. The summed E-state index contributed by atoms with van der Waals surface area (Å²) < 4.78 is 25.7. The van der Waals surface area contributed by atoms with Crippen LogP contribution < -0.4 is 5.32 Å². The Morgan fingerprint density at radius 3 is 2.81 bits per heavy atom. The summed E-state index contributed by atoms with van der Waals surface area (Å²) in [5.41, 5.74) is 0.101. The lowest BCUT2D eigenvalue weighted by Gasteiger charge is -2.06. The Kier molecular flexibility index (Phi) is 3.95. The standard InChI is InChI=1S/C11H10F2N2O/c1-7(6-14)15-11(16)4-8-2-3-9(12)5-10(8)13/h2-3,5,7H,4H2,1H3,(H,15,16). The topological polar surface area (TPSA) is 52.9 Å². The van der Waals surface area contributed by atoms with Crippen molar-refractivity contribution in [2.45, 2.75) is 19.4 Å². The summed E-state index contributed by atoms with van der Waals surface area (Å²) in [6, 6.07) is 4.20. The molecule has 1 atom stereocenters. The van der Waals surface area contributed by atoms with Crippen LogP contribution in [0.4, 0.5) is 8.78 Å². The summed E-state index contributed by atoms with van der Waals surface area (Å²) in [5, 5.41) is 10.8. The van der Waals surface area contributed by atoms with Gasteiger partial charge in [-0.1, -0.05) is 6.07 Å². The van der Waals surface area contributed by atoms with E-state index < -0.39 is 23.6 Å². The molecule has 1 aromatic carbocycles. The molecule has 1 amide bonds. The molecule has 0 bridgehead atoms. The van der Waals surface area contributed by atoms with Gasteiger partial charge in [0.1, 0.15) is 17.7 Å². The fourth-order valence-corrected chi connectivity index (χ4v) is 1.16. The molecule has 0 aliphatic carbocycles. The first-order chi connectivity index (χ1) is 7.52. The number of nitriles is 1. The highest BCUT2D eigenvalue weighted by atomic mass is 19.1. The van der Waals surface area contributed by atoms with Gasteiger partial charge in [-0.2, -0.15) is 5.26 Å². The molecule has 1 N–H and O–H groups in total. The van der Waals surface area contributed by atoms with E-state index >= 15 is 0 Å². The van der Waals surface area contributed by atoms with Crippen molar-refractivity contribution in [2.24, 2.45) is 0 Å². The average molecular weight is 224 g/mol. The number of carbonyl (C=O) groups excluding carboxylic acids is 1. The maximum Gasteiger partial charge on any atom is 0.225 e. The maximum atomic E-state index is 13.1. The van der Waals surface area contributed by atoms with Crippen LogP contribution in [0.3, 0.4) is 0 Å². The van der Waals surface area contributed by atoms with Gasteiger partial charge in [-0.15, -0.1) is 0 Å². The van der Waals surface area contributed by atoms with Crippen LogP contribution >= 0.6 is 0 Å². The van der Waals surface area contributed by atoms with Gasteiger partial charge in [-0.25, -0.2) is 8.78 Å². The number of benzene rings is 1. The van der Waals surface area contributed by atoms with E-state index in [0.29, 0.717) is 0 Å². The van der Waals surface area contributed by atoms with Crippen LogP contribution in [0.1, 0.15) is 12.5 Å². The van der Waals surface area contributed by atoms with Gasteiger partial charge in [0, 0.05) is 6.07 Å². The zero-order valence-electron chi connectivity index (χ0n) is 8.63. The molecule has 0 heterocycles. The molecule has 84 valence electrons. The van der Waals surface area contributed by atoms with E-state index in [2.05, 4.69) is 5.32 Å². The number of hydrogen-bond donors (Lipinski definition) is 1. The third kappa shape index (κ3) is 3.31. The predicted molar refractivity (Wildman–Crippen MR) is 53.3 cm³/mol. The summed E-state index contributed by atoms with van der Waals surface area (Å²) >= 11 is 0. The Hall–Kier alpha value is -1.96. The summed E-state index contributed by atoms with van der Waals surface area (Å²) in [5.74, 6) is -1.92. The first kappa shape index (κ1) is 12.1. The van der Waals surface area contributed by atoms with Crippen molar-refractivity contribution < 1.29 is 13.6 Å². The maximum absolute atomic E-state index is 13.1. The largest absolute Gasteiger partial charge is 0.340 e. The first-order valence-electron chi connectivity index (χ1n) is 4.66. The molecule has 0 fully saturated rings.